The number of hydrogen-bond acceptors (Lipinski definition) is 4. The average molecular weight is 315 g/mol. The topological polar surface area (TPSA) is 60.7 Å². The molecule has 0 radical (unpaired) electrons. The van der Waals surface area contributed by atoms with Crippen molar-refractivity contribution in [3.05, 3.63) is 41.9 Å². The monoisotopic (exact) mass is 315 g/mol. The highest BCUT2D eigenvalue weighted by molar-refractivity contribution is 5.92. The van der Waals surface area contributed by atoms with Gasteiger partial charge >= 0.3 is 0 Å². The first-order valence-electron chi connectivity index (χ1n) is 7.94. The number of hydrogen-bond donors (Lipinski definition) is 1. The molecule has 23 heavy (non-hydrogen) atoms. The van der Waals surface area contributed by atoms with Gasteiger partial charge in [-0.25, -0.2) is 0 Å². The number of aryl methyl sites for hydroxylation is 1. The van der Waals surface area contributed by atoms with Crippen LogP contribution in [0.2, 0.25) is 0 Å². The molecule has 1 aliphatic heterocycles. The largest absolute Gasteiger partial charge is 0.492 e. The van der Waals surface area contributed by atoms with Crippen molar-refractivity contribution < 1.29 is 18.7 Å². The number of nitrogens with one attached hydrogen (secondary N) is 1. The van der Waals surface area contributed by atoms with E-state index in [9.17, 15) is 4.79 Å². The van der Waals surface area contributed by atoms with E-state index in [0.29, 0.717) is 30.9 Å². The first-order chi connectivity index (χ1) is 11.2. The smallest absolute Gasteiger partial charge is 0.224 e. The van der Waals surface area contributed by atoms with Gasteiger partial charge in [0, 0.05) is 30.9 Å². The minimum atomic E-state index is -0.0756. The summed E-state index contributed by atoms with van der Waals surface area (Å²) in [6.07, 6.45) is 3.56. The summed E-state index contributed by atoms with van der Waals surface area (Å²) in [6, 6.07) is 7.50. The third-order valence-electron chi connectivity index (χ3n) is 3.75. The lowest BCUT2D eigenvalue weighted by atomic mass is 10.1. The second-order valence-electron chi connectivity index (χ2n) is 5.65. The van der Waals surface area contributed by atoms with E-state index < -0.39 is 0 Å². The predicted octanol–water partition coefficient (Wildman–Crippen LogP) is 3.57. The van der Waals surface area contributed by atoms with Crippen LogP contribution in [0.4, 0.5) is 5.69 Å². The molecule has 5 nitrogen and oxygen atoms in total. The molecule has 1 unspecified atom stereocenters. The van der Waals surface area contributed by atoms with Gasteiger partial charge in [-0.3, -0.25) is 4.79 Å². The average Bonchev–Trinajstić information content (AvgIpc) is 3.14. The summed E-state index contributed by atoms with van der Waals surface area (Å²) >= 11 is 0. The first-order valence-corrected chi connectivity index (χ1v) is 7.94. The highest BCUT2D eigenvalue weighted by Crippen LogP contribution is 2.38. The number of carbonyl (C=O) groups excluding carboxylic acids is 1. The van der Waals surface area contributed by atoms with Gasteiger partial charge in [-0.2, -0.15) is 0 Å². The zero-order chi connectivity index (χ0) is 16.2. The highest BCUT2D eigenvalue weighted by Gasteiger charge is 2.22. The summed E-state index contributed by atoms with van der Waals surface area (Å²) in [4.78, 5) is 12.2. The van der Waals surface area contributed by atoms with Crippen molar-refractivity contribution >= 4 is 11.6 Å². The molecule has 1 aromatic heterocycles. The second-order valence-corrected chi connectivity index (χ2v) is 5.65. The SMILES string of the molecule is CCOc1cc2c(cc1NC(=O)CCc1ccco1)OC(C)C2. The quantitative estimate of drug-likeness (QED) is 0.885. The molecule has 3 rings (SSSR count). The Morgan fingerprint density at radius 3 is 3.04 bits per heavy atom. The van der Waals surface area contributed by atoms with Crippen LogP contribution < -0.4 is 14.8 Å². The molecule has 1 aliphatic rings. The van der Waals surface area contributed by atoms with E-state index in [0.717, 1.165) is 23.5 Å². The molecule has 1 atom stereocenters. The lowest BCUT2D eigenvalue weighted by molar-refractivity contribution is -0.116. The Labute approximate surface area is 135 Å². The molecular formula is C18H21NO4. The minimum absolute atomic E-state index is 0.0756. The van der Waals surface area contributed by atoms with Crippen LogP contribution in [-0.4, -0.2) is 18.6 Å². The maximum absolute atomic E-state index is 12.2. The molecule has 0 saturated heterocycles. The third kappa shape index (κ3) is 3.67. The van der Waals surface area contributed by atoms with Gasteiger partial charge in [0.2, 0.25) is 5.91 Å². The molecular weight excluding hydrogens is 294 g/mol. The number of fused-ring (bicyclic) bond motifs is 1. The van der Waals surface area contributed by atoms with Crippen molar-refractivity contribution in [2.45, 2.75) is 39.2 Å². The first kappa shape index (κ1) is 15.5. The van der Waals surface area contributed by atoms with E-state index in [-0.39, 0.29) is 12.0 Å². The number of rotatable bonds is 6. The van der Waals surface area contributed by atoms with Crippen molar-refractivity contribution in [1.29, 1.82) is 0 Å². The Kier molecular flexibility index (Phi) is 4.55. The zero-order valence-corrected chi connectivity index (χ0v) is 13.4. The van der Waals surface area contributed by atoms with Crippen LogP contribution in [0.15, 0.2) is 34.9 Å². The summed E-state index contributed by atoms with van der Waals surface area (Å²) in [5, 5.41) is 2.92. The van der Waals surface area contributed by atoms with Crippen LogP contribution in [0.3, 0.4) is 0 Å². The fourth-order valence-corrected chi connectivity index (χ4v) is 2.72. The predicted molar refractivity (Wildman–Crippen MR) is 87.1 cm³/mol. The fourth-order valence-electron chi connectivity index (χ4n) is 2.72. The van der Waals surface area contributed by atoms with E-state index in [1.165, 1.54) is 0 Å². The molecule has 2 aromatic rings. The van der Waals surface area contributed by atoms with Crippen LogP contribution in [0.5, 0.6) is 11.5 Å². The zero-order valence-electron chi connectivity index (χ0n) is 13.4. The molecule has 0 bridgehead atoms. The minimum Gasteiger partial charge on any atom is -0.492 e. The summed E-state index contributed by atoms with van der Waals surface area (Å²) in [7, 11) is 0. The summed E-state index contributed by atoms with van der Waals surface area (Å²) in [5.41, 5.74) is 1.78. The molecule has 0 fully saturated rings. The van der Waals surface area contributed by atoms with Gasteiger partial charge in [-0.1, -0.05) is 0 Å². The normalized spacial score (nSPS) is 15.8. The fraction of sp³-hybridized carbons (Fsp3) is 0.389. The lowest BCUT2D eigenvalue weighted by Crippen LogP contribution is -2.13. The van der Waals surface area contributed by atoms with E-state index in [4.69, 9.17) is 13.9 Å². The van der Waals surface area contributed by atoms with Crippen molar-refractivity contribution in [2.75, 3.05) is 11.9 Å². The van der Waals surface area contributed by atoms with Gasteiger partial charge in [-0.15, -0.1) is 0 Å². The van der Waals surface area contributed by atoms with Crippen LogP contribution in [0, 0.1) is 0 Å². The van der Waals surface area contributed by atoms with Crippen molar-refractivity contribution in [2.24, 2.45) is 0 Å². The van der Waals surface area contributed by atoms with Crippen LogP contribution in [-0.2, 0) is 17.6 Å². The standard InChI is InChI=1S/C18H21NO4/c1-3-21-17-10-13-9-12(2)23-16(13)11-15(17)19-18(20)7-6-14-5-4-8-22-14/h4-5,8,10-12H,3,6-7,9H2,1-2H3,(H,19,20). The van der Waals surface area contributed by atoms with Crippen LogP contribution >= 0.6 is 0 Å². The van der Waals surface area contributed by atoms with Crippen LogP contribution in [0.25, 0.3) is 0 Å². The highest BCUT2D eigenvalue weighted by atomic mass is 16.5. The van der Waals surface area contributed by atoms with Gasteiger partial charge in [0.25, 0.3) is 0 Å². The van der Waals surface area contributed by atoms with Gasteiger partial charge in [0.1, 0.15) is 23.4 Å². The van der Waals surface area contributed by atoms with Gasteiger partial charge in [0.15, 0.2) is 0 Å². The Morgan fingerprint density at radius 1 is 1.43 bits per heavy atom. The van der Waals surface area contributed by atoms with Gasteiger partial charge < -0.3 is 19.2 Å². The maximum atomic E-state index is 12.2. The number of anilines is 1. The number of ether oxygens (including phenoxy) is 2. The molecule has 1 N–H and O–H groups in total. The number of amides is 1. The molecule has 0 saturated carbocycles. The van der Waals surface area contributed by atoms with Crippen molar-refractivity contribution in [3.8, 4) is 11.5 Å². The maximum Gasteiger partial charge on any atom is 0.224 e. The van der Waals surface area contributed by atoms with E-state index in [1.54, 1.807) is 6.26 Å². The lowest BCUT2D eigenvalue weighted by Gasteiger charge is -2.13. The van der Waals surface area contributed by atoms with E-state index in [1.807, 2.05) is 38.1 Å². The summed E-state index contributed by atoms with van der Waals surface area (Å²) in [5.74, 6) is 2.24. The Hall–Kier alpha value is -2.43. The number of furan rings is 1. The van der Waals surface area contributed by atoms with Crippen molar-refractivity contribution in [3.63, 3.8) is 0 Å². The summed E-state index contributed by atoms with van der Waals surface area (Å²) in [6.45, 7) is 4.50. The third-order valence-corrected chi connectivity index (χ3v) is 3.75. The molecule has 0 aliphatic carbocycles. The molecule has 5 heteroatoms. The number of benzene rings is 1. The Bertz CT molecular complexity index is 679. The Balaban J connectivity index is 1.70. The summed E-state index contributed by atoms with van der Waals surface area (Å²) < 4.78 is 16.7. The van der Waals surface area contributed by atoms with Crippen molar-refractivity contribution in [1.82, 2.24) is 0 Å². The van der Waals surface area contributed by atoms with Crippen LogP contribution in [0.1, 0.15) is 31.6 Å². The van der Waals surface area contributed by atoms with E-state index >= 15 is 0 Å². The number of carbonyl (C=O) groups is 1. The van der Waals surface area contributed by atoms with E-state index in [2.05, 4.69) is 5.32 Å². The van der Waals surface area contributed by atoms with Gasteiger partial charge in [-0.05, 0) is 32.0 Å². The molecule has 1 amide bonds. The molecule has 122 valence electrons. The molecule has 2 heterocycles. The second kappa shape index (κ2) is 6.77. The molecule has 1 aromatic carbocycles. The van der Waals surface area contributed by atoms with Gasteiger partial charge in [0.05, 0.1) is 18.6 Å². The Morgan fingerprint density at radius 2 is 2.30 bits per heavy atom. The molecule has 0 spiro atoms.